The van der Waals surface area contributed by atoms with Crippen LogP contribution in [0.2, 0.25) is 0 Å². The molecule has 2 aromatic rings. The third-order valence-electron chi connectivity index (χ3n) is 2.62. The zero-order valence-corrected chi connectivity index (χ0v) is 11.3. The van der Waals surface area contributed by atoms with Gasteiger partial charge in [-0.25, -0.2) is 0 Å². The molecule has 0 aliphatic rings. The number of carbonyl (C=O) groups excluding carboxylic acids is 1. The van der Waals surface area contributed by atoms with E-state index in [1.165, 1.54) is 0 Å². The SMILES string of the molecule is COCCCNC(=O)CCc1nc(-c2ccco2)no1. The topological polar surface area (TPSA) is 90.4 Å². The van der Waals surface area contributed by atoms with E-state index in [1.807, 2.05) is 0 Å². The van der Waals surface area contributed by atoms with Crippen molar-refractivity contribution in [1.82, 2.24) is 15.5 Å². The van der Waals surface area contributed by atoms with E-state index in [2.05, 4.69) is 15.5 Å². The summed E-state index contributed by atoms with van der Waals surface area (Å²) in [6.45, 7) is 1.24. The summed E-state index contributed by atoms with van der Waals surface area (Å²) < 4.78 is 15.1. The zero-order chi connectivity index (χ0) is 14.2. The molecule has 0 bridgehead atoms. The fourth-order valence-corrected chi connectivity index (χ4v) is 1.62. The highest BCUT2D eigenvalue weighted by Crippen LogP contribution is 2.16. The van der Waals surface area contributed by atoms with Crippen LogP contribution in [0.1, 0.15) is 18.7 Å². The summed E-state index contributed by atoms with van der Waals surface area (Å²) in [5, 5.41) is 6.59. The number of methoxy groups -OCH3 is 1. The van der Waals surface area contributed by atoms with Gasteiger partial charge in [0.2, 0.25) is 17.6 Å². The molecule has 2 rings (SSSR count). The summed E-state index contributed by atoms with van der Waals surface area (Å²) in [6, 6.07) is 3.50. The van der Waals surface area contributed by atoms with Gasteiger partial charge in [0, 0.05) is 33.1 Å². The van der Waals surface area contributed by atoms with E-state index in [9.17, 15) is 4.79 Å². The average molecular weight is 279 g/mol. The van der Waals surface area contributed by atoms with Gasteiger partial charge in [-0.05, 0) is 18.6 Å². The molecule has 0 atom stereocenters. The van der Waals surface area contributed by atoms with Crippen LogP contribution in [-0.2, 0) is 16.0 Å². The van der Waals surface area contributed by atoms with Gasteiger partial charge in [-0.15, -0.1) is 0 Å². The van der Waals surface area contributed by atoms with Gasteiger partial charge in [-0.2, -0.15) is 4.98 Å². The molecule has 0 fully saturated rings. The third kappa shape index (κ3) is 4.20. The number of hydrogen-bond acceptors (Lipinski definition) is 6. The molecule has 2 aromatic heterocycles. The molecule has 0 aromatic carbocycles. The molecule has 7 nitrogen and oxygen atoms in total. The van der Waals surface area contributed by atoms with Crippen molar-refractivity contribution < 1.29 is 18.5 Å². The monoisotopic (exact) mass is 279 g/mol. The van der Waals surface area contributed by atoms with Gasteiger partial charge < -0.3 is 19.0 Å². The molecule has 108 valence electrons. The van der Waals surface area contributed by atoms with Gasteiger partial charge >= 0.3 is 0 Å². The average Bonchev–Trinajstić information content (AvgIpc) is 3.11. The largest absolute Gasteiger partial charge is 0.461 e. The van der Waals surface area contributed by atoms with Gasteiger partial charge in [-0.3, -0.25) is 4.79 Å². The molecule has 1 N–H and O–H groups in total. The summed E-state index contributed by atoms with van der Waals surface area (Å²) in [5.41, 5.74) is 0. The van der Waals surface area contributed by atoms with Gasteiger partial charge in [0.1, 0.15) is 0 Å². The molecule has 7 heteroatoms. The van der Waals surface area contributed by atoms with Gasteiger partial charge in [0.25, 0.3) is 0 Å². The number of rotatable bonds is 8. The highest BCUT2D eigenvalue weighted by Gasteiger charge is 2.11. The van der Waals surface area contributed by atoms with Crippen molar-refractivity contribution in [2.75, 3.05) is 20.3 Å². The minimum Gasteiger partial charge on any atom is -0.461 e. The predicted molar refractivity (Wildman–Crippen MR) is 69.8 cm³/mol. The zero-order valence-electron chi connectivity index (χ0n) is 11.3. The molecule has 0 radical (unpaired) electrons. The molecule has 1 amide bonds. The smallest absolute Gasteiger partial charge is 0.238 e. The first kappa shape index (κ1) is 14.3. The van der Waals surface area contributed by atoms with Gasteiger partial charge in [0.05, 0.1) is 6.26 Å². The number of furan rings is 1. The molecule has 0 unspecified atom stereocenters. The fourth-order valence-electron chi connectivity index (χ4n) is 1.62. The Balaban J connectivity index is 1.73. The Morgan fingerprint density at radius 1 is 1.50 bits per heavy atom. The lowest BCUT2D eigenvalue weighted by Gasteiger charge is -2.02. The van der Waals surface area contributed by atoms with Gasteiger partial charge in [0.15, 0.2) is 5.76 Å². The number of aromatic nitrogens is 2. The van der Waals surface area contributed by atoms with Crippen molar-refractivity contribution in [1.29, 1.82) is 0 Å². The Morgan fingerprint density at radius 3 is 3.15 bits per heavy atom. The molecule has 20 heavy (non-hydrogen) atoms. The maximum atomic E-state index is 11.6. The van der Waals surface area contributed by atoms with Crippen molar-refractivity contribution >= 4 is 5.91 Å². The normalized spacial score (nSPS) is 10.7. The van der Waals surface area contributed by atoms with Crippen molar-refractivity contribution in [2.45, 2.75) is 19.3 Å². The standard InChI is InChI=1S/C13H17N3O4/c1-18-8-3-7-14-11(17)5-6-12-15-13(16-20-12)10-4-2-9-19-10/h2,4,9H,3,5-8H2,1H3,(H,14,17). The summed E-state index contributed by atoms with van der Waals surface area (Å²) in [4.78, 5) is 15.7. The molecule has 2 heterocycles. The van der Waals surface area contributed by atoms with E-state index < -0.39 is 0 Å². The predicted octanol–water partition coefficient (Wildman–Crippen LogP) is 1.41. The van der Waals surface area contributed by atoms with Crippen LogP contribution in [0.3, 0.4) is 0 Å². The Labute approximate surface area is 116 Å². The maximum absolute atomic E-state index is 11.6. The number of nitrogens with one attached hydrogen (secondary N) is 1. The second-order valence-corrected chi connectivity index (χ2v) is 4.19. The highest BCUT2D eigenvalue weighted by atomic mass is 16.5. The van der Waals surface area contributed by atoms with E-state index in [0.717, 1.165) is 6.42 Å². The van der Waals surface area contributed by atoms with Crippen molar-refractivity contribution in [3.8, 4) is 11.6 Å². The van der Waals surface area contributed by atoms with Crippen molar-refractivity contribution in [3.05, 3.63) is 24.3 Å². The van der Waals surface area contributed by atoms with E-state index in [-0.39, 0.29) is 5.91 Å². The van der Waals surface area contributed by atoms with Crippen LogP contribution in [-0.4, -0.2) is 36.3 Å². The lowest BCUT2D eigenvalue weighted by molar-refractivity contribution is -0.121. The highest BCUT2D eigenvalue weighted by molar-refractivity contribution is 5.75. The summed E-state index contributed by atoms with van der Waals surface area (Å²) in [7, 11) is 1.63. The molecular weight excluding hydrogens is 262 g/mol. The van der Waals surface area contributed by atoms with Crippen LogP contribution in [0, 0.1) is 0 Å². The van der Waals surface area contributed by atoms with Crippen molar-refractivity contribution in [3.63, 3.8) is 0 Å². The number of aryl methyl sites for hydroxylation is 1. The Morgan fingerprint density at radius 2 is 2.40 bits per heavy atom. The second kappa shape index (κ2) is 7.44. The third-order valence-corrected chi connectivity index (χ3v) is 2.62. The van der Waals surface area contributed by atoms with Crippen LogP contribution in [0.5, 0.6) is 0 Å². The number of carbonyl (C=O) groups is 1. The van der Waals surface area contributed by atoms with Gasteiger partial charge in [-0.1, -0.05) is 5.16 Å². The molecule has 0 saturated carbocycles. The van der Waals surface area contributed by atoms with Crippen LogP contribution < -0.4 is 5.32 Å². The van der Waals surface area contributed by atoms with Crippen LogP contribution in [0.25, 0.3) is 11.6 Å². The number of hydrogen-bond donors (Lipinski definition) is 1. The van der Waals surface area contributed by atoms with E-state index in [0.29, 0.717) is 43.5 Å². The second-order valence-electron chi connectivity index (χ2n) is 4.19. The molecular formula is C13H17N3O4. The van der Waals surface area contributed by atoms with E-state index in [1.54, 1.807) is 25.5 Å². The first-order valence-corrected chi connectivity index (χ1v) is 6.41. The number of ether oxygens (including phenoxy) is 1. The minimum atomic E-state index is -0.0427. The Hall–Kier alpha value is -2.15. The van der Waals surface area contributed by atoms with Crippen LogP contribution in [0.15, 0.2) is 27.3 Å². The Bertz CT molecular complexity index is 521. The first-order chi connectivity index (χ1) is 9.79. The molecule has 0 saturated heterocycles. The first-order valence-electron chi connectivity index (χ1n) is 6.41. The lowest BCUT2D eigenvalue weighted by atomic mass is 10.3. The Kier molecular flexibility index (Phi) is 5.31. The molecule has 0 aliphatic carbocycles. The molecule has 0 aliphatic heterocycles. The minimum absolute atomic E-state index is 0.0427. The number of nitrogens with zero attached hydrogens (tertiary/aromatic N) is 2. The van der Waals surface area contributed by atoms with E-state index in [4.69, 9.17) is 13.7 Å². The van der Waals surface area contributed by atoms with Crippen LogP contribution >= 0.6 is 0 Å². The number of amides is 1. The summed E-state index contributed by atoms with van der Waals surface area (Å²) in [5.74, 6) is 1.32. The fraction of sp³-hybridized carbons (Fsp3) is 0.462. The quantitative estimate of drug-likeness (QED) is 0.735. The molecule has 0 spiro atoms. The van der Waals surface area contributed by atoms with Crippen molar-refractivity contribution in [2.24, 2.45) is 0 Å². The van der Waals surface area contributed by atoms with E-state index >= 15 is 0 Å². The lowest BCUT2D eigenvalue weighted by Crippen LogP contribution is -2.25. The summed E-state index contributed by atoms with van der Waals surface area (Å²) in [6.07, 6.45) is 3.06. The maximum Gasteiger partial charge on any atom is 0.238 e. The summed E-state index contributed by atoms with van der Waals surface area (Å²) >= 11 is 0. The van der Waals surface area contributed by atoms with Crippen LogP contribution in [0.4, 0.5) is 0 Å².